The van der Waals surface area contributed by atoms with E-state index in [0.29, 0.717) is 5.92 Å². The third-order valence-electron chi connectivity index (χ3n) is 4.66. The maximum absolute atomic E-state index is 12.9. The first kappa shape index (κ1) is 15.4. The second-order valence-corrected chi connectivity index (χ2v) is 5.81. The number of hydrogen-bond donors (Lipinski definition) is 1. The molecular weight excluding hydrogens is 263 g/mol. The SMILES string of the molecule is CCNCC1(c2cccc(C(F)(F)F)c2)CCCC1C. The lowest BCUT2D eigenvalue weighted by Gasteiger charge is -2.35. The lowest BCUT2D eigenvalue weighted by Crippen LogP contribution is -2.40. The number of likely N-dealkylation sites (N-methyl/N-ethyl adjacent to an activating group) is 1. The first-order chi connectivity index (χ1) is 9.40. The number of hydrogen-bond acceptors (Lipinski definition) is 1. The molecule has 0 aromatic heterocycles. The largest absolute Gasteiger partial charge is 0.416 e. The van der Waals surface area contributed by atoms with Crippen LogP contribution in [-0.4, -0.2) is 13.1 Å². The van der Waals surface area contributed by atoms with Gasteiger partial charge in [-0.1, -0.05) is 38.5 Å². The van der Waals surface area contributed by atoms with Crippen LogP contribution in [0.1, 0.15) is 44.2 Å². The molecule has 0 aliphatic heterocycles. The van der Waals surface area contributed by atoms with Gasteiger partial charge in [-0.25, -0.2) is 0 Å². The molecule has 0 spiro atoms. The van der Waals surface area contributed by atoms with E-state index >= 15 is 0 Å². The van der Waals surface area contributed by atoms with E-state index in [9.17, 15) is 13.2 Å². The predicted molar refractivity (Wildman–Crippen MR) is 74.7 cm³/mol. The van der Waals surface area contributed by atoms with Gasteiger partial charge in [0.1, 0.15) is 0 Å². The van der Waals surface area contributed by atoms with Gasteiger partial charge in [0.2, 0.25) is 0 Å². The molecule has 1 fully saturated rings. The van der Waals surface area contributed by atoms with Gasteiger partial charge < -0.3 is 5.32 Å². The molecule has 0 amide bonds. The molecule has 0 heterocycles. The van der Waals surface area contributed by atoms with Crippen molar-refractivity contribution in [2.75, 3.05) is 13.1 Å². The molecule has 0 bridgehead atoms. The standard InChI is InChI=1S/C16H22F3N/c1-3-20-11-15(9-5-6-12(15)2)13-7-4-8-14(10-13)16(17,18)19/h4,7-8,10,12,20H,3,5-6,9,11H2,1-2H3. The van der Waals surface area contributed by atoms with Crippen molar-refractivity contribution in [3.8, 4) is 0 Å². The van der Waals surface area contributed by atoms with Gasteiger partial charge in [-0.05, 0) is 36.9 Å². The molecule has 2 rings (SSSR count). The van der Waals surface area contributed by atoms with Crippen LogP contribution in [0, 0.1) is 5.92 Å². The van der Waals surface area contributed by atoms with Crippen LogP contribution in [0.3, 0.4) is 0 Å². The van der Waals surface area contributed by atoms with Crippen LogP contribution in [0.2, 0.25) is 0 Å². The van der Waals surface area contributed by atoms with Crippen molar-refractivity contribution < 1.29 is 13.2 Å². The van der Waals surface area contributed by atoms with Crippen LogP contribution in [0.15, 0.2) is 24.3 Å². The normalized spacial score (nSPS) is 26.9. The Morgan fingerprint density at radius 1 is 1.35 bits per heavy atom. The lowest BCUT2D eigenvalue weighted by molar-refractivity contribution is -0.137. The molecular formula is C16H22F3N. The zero-order valence-corrected chi connectivity index (χ0v) is 12.1. The van der Waals surface area contributed by atoms with Gasteiger partial charge in [-0.3, -0.25) is 0 Å². The quantitative estimate of drug-likeness (QED) is 0.866. The summed E-state index contributed by atoms with van der Waals surface area (Å²) in [7, 11) is 0. The summed E-state index contributed by atoms with van der Waals surface area (Å²) in [6.45, 7) is 5.78. The molecule has 1 aliphatic carbocycles. The Kier molecular flexibility index (Phi) is 4.43. The molecule has 0 radical (unpaired) electrons. The van der Waals surface area contributed by atoms with Gasteiger partial charge in [0, 0.05) is 12.0 Å². The van der Waals surface area contributed by atoms with E-state index in [2.05, 4.69) is 12.2 Å². The molecule has 20 heavy (non-hydrogen) atoms. The highest BCUT2D eigenvalue weighted by atomic mass is 19.4. The molecule has 4 heteroatoms. The molecule has 1 N–H and O–H groups in total. The third-order valence-corrected chi connectivity index (χ3v) is 4.66. The van der Waals surface area contributed by atoms with E-state index in [-0.39, 0.29) is 5.41 Å². The Morgan fingerprint density at radius 2 is 2.10 bits per heavy atom. The van der Waals surface area contributed by atoms with Crippen molar-refractivity contribution in [1.82, 2.24) is 5.32 Å². The van der Waals surface area contributed by atoms with Gasteiger partial charge in [0.25, 0.3) is 0 Å². The highest BCUT2D eigenvalue weighted by molar-refractivity contribution is 5.34. The van der Waals surface area contributed by atoms with Crippen molar-refractivity contribution in [3.05, 3.63) is 35.4 Å². The summed E-state index contributed by atoms with van der Waals surface area (Å²) in [6.07, 6.45) is -1.13. The maximum atomic E-state index is 12.9. The summed E-state index contributed by atoms with van der Waals surface area (Å²) < 4.78 is 38.7. The summed E-state index contributed by atoms with van der Waals surface area (Å²) >= 11 is 0. The summed E-state index contributed by atoms with van der Waals surface area (Å²) in [5.74, 6) is 0.407. The Balaban J connectivity index is 2.39. The van der Waals surface area contributed by atoms with Gasteiger partial charge in [0.15, 0.2) is 0 Å². The summed E-state index contributed by atoms with van der Waals surface area (Å²) in [6, 6.07) is 5.90. The zero-order valence-electron chi connectivity index (χ0n) is 12.1. The lowest BCUT2D eigenvalue weighted by atomic mass is 9.72. The van der Waals surface area contributed by atoms with Gasteiger partial charge in [-0.2, -0.15) is 13.2 Å². The van der Waals surface area contributed by atoms with Gasteiger partial charge in [0.05, 0.1) is 5.56 Å². The predicted octanol–water partition coefficient (Wildman–Crippen LogP) is 4.37. The fraction of sp³-hybridized carbons (Fsp3) is 0.625. The number of halogens is 3. The maximum Gasteiger partial charge on any atom is 0.416 e. The molecule has 1 aromatic rings. The average molecular weight is 285 g/mol. The van der Waals surface area contributed by atoms with Crippen molar-refractivity contribution >= 4 is 0 Å². The fourth-order valence-electron chi connectivity index (χ4n) is 3.39. The number of rotatable bonds is 4. The van der Waals surface area contributed by atoms with Crippen LogP contribution in [0.25, 0.3) is 0 Å². The molecule has 0 saturated heterocycles. The van der Waals surface area contributed by atoms with Crippen molar-refractivity contribution in [3.63, 3.8) is 0 Å². The van der Waals surface area contributed by atoms with E-state index in [4.69, 9.17) is 0 Å². The molecule has 1 aromatic carbocycles. The van der Waals surface area contributed by atoms with E-state index in [1.54, 1.807) is 0 Å². The molecule has 1 aliphatic rings. The zero-order chi connectivity index (χ0) is 14.8. The third kappa shape index (κ3) is 2.85. The second kappa shape index (κ2) is 5.76. The minimum absolute atomic E-state index is 0.155. The Labute approximate surface area is 118 Å². The molecule has 1 nitrogen and oxygen atoms in total. The number of alkyl halides is 3. The van der Waals surface area contributed by atoms with Crippen LogP contribution in [-0.2, 0) is 11.6 Å². The van der Waals surface area contributed by atoms with Crippen molar-refractivity contribution in [2.45, 2.75) is 44.7 Å². The van der Waals surface area contributed by atoms with Crippen LogP contribution >= 0.6 is 0 Å². The monoisotopic (exact) mass is 285 g/mol. The van der Waals surface area contributed by atoms with Crippen LogP contribution in [0.5, 0.6) is 0 Å². The Hall–Kier alpha value is -1.03. The Bertz CT molecular complexity index is 455. The molecule has 2 unspecified atom stereocenters. The minimum Gasteiger partial charge on any atom is -0.316 e. The van der Waals surface area contributed by atoms with Crippen LogP contribution < -0.4 is 5.32 Å². The molecule has 1 saturated carbocycles. The minimum atomic E-state index is -4.27. The number of nitrogens with one attached hydrogen (secondary N) is 1. The van der Waals surface area contributed by atoms with E-state index in [0.717, 1.165) is 44.0 Å². The molecule has 112 valence electrons. The van der Waals surface area contributed by atoms with Crippen molar-refractivity contribution in [1.29, 1.82) is 0 Å². The molecule has 2 atom stereocenters. The van der Waals surface area contributed by atoms with E-state index in [1.807, 2.05) is 13.0 Å². The topological polar surface area (TPSA) is 12.0 Å². The van der Waals surface area contributed by atoms with Crippen LogP contribution in [0.4, 0.5) is 13.2 Å². The first-order valence-corrected chi connectivity index (χ1v) is 7.28. The van der Waals surface area contributed by atoms with Crippen molar-refractivity contribution in [2.24, 2.45) is 5.92 Å². The summed E-state index contributed by atoms with van der Waals surface area (Å²) in [5.41, 5.74) is 0.139. The smallest absolute Gasteiger partial charge is 0.316 e. The fourth-order valence-corrected chi connectivity index (χ4v) is 3.39. The van der Waals surface area contributed by atoms with Gasteiger partial charge in [-0.15, -0.1) is 0 Å². The Morgan fingerprint density at radius 3 is 2.65 bits per heavy atom. The van der Waals surface area contributed by atoms with E-state index < -0.39 is 11.7 Å². The average Bonchev–Trinajstić information content (AvgIpc) is 2.78. The van der Waals surface area contributed by atoms with E-state index in [1.165, 1.54) is 12.1 Å². The first-order valence-electron chi connectivity index (χ1n) is 7.28. The van der Waals surface area contributed by atoms with Gasteiger partial charge >= 0.3 is 6.18 Å². The summed E-state index contributed by atoms with van der Waals surface area (Å²) in [5, 5.41) is 3.34. The highest BCUT2D eigenvalue weighted by Crippen LogP contribution is 2.46. The highest BCUT2D eigenvalue weighted by Gasteiger charge is 2.42. The summed E-state index contributed by atoms with van der Waals surface area (Å²) in [4.78, 5) is 0. The second-order valence-electron chi connectivity index (χ2n) is 5.81. The number of benzene rings is 1.